The van der Waals surface area contributed by atoms with E-state index in [0.717, 1.165) is 23.3 Å². The summed E-state index contributed by atoms with van der Waals surface area (Å²) in [5, 5.41) is 20.2. The number of benzene rings is 5. The van der Waals surface area contributed by atoms with E-state index in [9.17, 15) is 9.32 Å². The Morgan fingerprint density at radius 1 is 0.774 bits per heavy atom. The summed E-state index contributed by atoms with van der Waals surface area (Å²) in [5.41, 5.74) is 2.19. The van der Waals surface area contributed by atoms with Crippen LogP contribution in [-0.4, -0.2) is 53.6 Å². The van der Waals surface area contributed by atoms with Gasteiger partial charge in [0.15, 0.2) is 5.82 Å². The van der Waals surface area contributed by atoms with Gasteiger partial charge in [0.25, 0.3) is 0 Å². The van der Waals surface area contributed by atoms with Crippen molar-refractivity contribution in [2.75, 3.05) is 19.7 Å². The highest BCUT2D eigenvalue weighted by Gasteiger charge is 2.52. The molecule has 0 amide bonds. The van der Waals surface area contributed by atoms with E-state index in [4.69, 9.17) is 13.7 Å². The second kappa shape index (κ2) is 17.8. The molecule has 0 saturated heterocycles. The van der Waals surface area contributed by atoms with E-state index < -0.39 is 25.2 Å². The third-order valence-electron chi connectivity index (χ3n) is 9.08. The van der Waals surface area contributed by atoms with E-state index in [1.807, 2.05) is 91.0 Å². The van der Waals surface area contributed by atoms with Crippen molar-refractivity contribution in [3.8, 4) is 11.5 Å². The Hall–Kier alpha value is -4.87. The maximum atomic E-state index is 12.9. The van der Waals surface area contributed by atoms with E-state index >= 15 is 0 Å². The minimum atomic E-state index is -2.73. The van der Waals surface area contributed by atoms with Crippen LogP contribution in [0.15, 0.2) is 149 Å². The minimum absolute atomic E-state index is 0.142. The first-order valence-electron chi connectivity index (χ1n) is 17.9. The van der Waals surface area contributed by atoms with Crippen molar-refractivity contribution in [3.05, 3.63) is 162 Å². The summed E-state index contributed by atoms with van der Waals surface area (Å²) in [6, 6.07) is 46.5. The molecule has 0 saturated carbocycles. The van der Waals surface area contributed by atoms with Crippen molar-refractivity contribution in [1.29, 1.82) is 0 Å². The SMILES string of the molecule is CC(C)(C)[Si](Oc1ccc(OC[C@@H](O)CNCCc2ccc(S(=O)Cc3noc(Cc4ccccc4)n3)cc2)cc1)(c1ccccc1)c1ccccc1. The van der Waals surface area contributed by atoms with Gasteiger partial charge in [-0.2, -0.15) is 4.98 Å². The van der Waals surface area contributed by atoms with Gasteiger partial charge < -0.3 is 24.1 Å². The summed E-state index contributed by atoms with van der Waals surface area (Å²) in [4.78, 5) is 5.13. The summed E-state index contributed by atoms with van der Waals surface area (Å²) in [5.74, 6) is 2.59. The lowest BCUT2D eigenvalue weighted by molar-refractivity contribution is 0.106. The average molecular weight is 746 g/mol. The number of aliphatic hydroxyl groups excluding tert-OH is 1. The van der Waals surface area contributed by atoms with Crippen molar-refractivity contribution in [3.63, 3.8) is 0 Å². The highest BCUT2D eigenvalue weighted by Crippen LogP contribution is 2.37. The molecule has 0 aliphatic carbocycles. The number of aliphatic hydroxyl groups is 1. The highest BCUT2D eigenvalue weighted by molar-refractivity contribution is 7.84. The summed E-state index contributed by atoms with van der Waals surface area (Å²) in [6.45, 7) is 8.02. The molecular weight excluding hydrogens is 699 g/mol. The van der Waals surface area contributed by atoms with Crippen LogP contribution in [0, 0.1) is 0 Å². The van der Waals surface area contributed by atoms with Crippen LogP contribution >= 0.6 is 0 Å². The topological polar surface area (TPSA) is 107 Å². The van der Waals surface area contributed by atoms with E-state index in [1.54, 1.807) is 0 Å². The van der Waals surface area contributed by atoms with Crippen LogP contribution in [0.5, 0.6) is 11.5 Å². The minimum Gasteiger partial charge on any atom is -0.534 e. The molecule has 6 rings (SSSR count). The fraction of sp³-hybridized carbons (Fsp3) is 0.256. The lowest BCUT2D eigenvalue weighted by atomic mass is 10.1. The highest BCUT2D eigenvalue weighted by atomic mass is 32.2. The van der Waals surface area contributed by atoms with Crippen molar-refractivity contribution >= 4 is 29.5 Å². The monoisotopic (exact) mass is 745 g/mol. The molecule has 1 heterocycles. The second-order valence-electron chi connectivity index (χ2n) is 14.1. The molecule has 53 heavy (non-hydrogen) atoms. The molecule has 2 atom stereocenters. The van der Waals surface area contributed by atoms with Crippen LogP contribution in [0.1, 0.15) is 43.6 Å². The third kappa shape index (κ3) is 9.97. The summed E-state index contributed by atoms with van der Waals surface area (Å²) < 4.78 is 31.3. The fourth-order valence-corrected chi connectivity index (χ4v) is 11.8. The van der Waals surface area contributed by atoms with E-state index in [1.165, 1.54) is 10.4 Å². The van der Waals surface area contributed by atoms with Crippen LogP contribution in [0.2, 0.25) is 5.04 Å². The molecule has 1 aromatic heterocycles. The lowest BCUT2D eigenvalue weighted by Crippen LogP contribution is -2.68. The standard InChI is InChI=1S/C43H47N3O5SSi/c1-43(2,3)53(39-15-9-5-10-16-39,40-17-11-6-12-18-40)51-37-23-21-36(22-24-37)49-31-35(47)30-44-28-27-33-19-25-38(26-20-33)52(48)32-41-45-42(50-46-41)29-34-13-7-4-8-14-34/h4-26,35,44,47H,27-32H2,1-3H3/t35-,52?/m0/s1. The van der Waals surface area contributed by atoms with Gasteiger partial charge in [0.2, 0.25) is 5.89 Å². The normalized spacial score (nSPS) is 13.0. The Balaban J connectivity index is 0.941. The van der Waals surface area contributed by atoms with Crippen molar-refractivity contribution in [1.82, 2.24) is 15.5 Å². The maximum absolute atomic E-state index is 12.9. The molecule has 0 fully saturated rings. The molecule has 0 aliphatic rings. The van der Waals surface area contributed by atoms with Crippen molar-refractivity contribution in [2.24, 2.45) is 0 Å². The van der Waals surface area contributed by atoms with Gasteiger partial charge in [-0.05, 0) is 75.9 Å². The van der Waals surface area contributed by atoms with Crippen LogP contribution in [0.4, 0.5) is 0 Å². The van der Waals surface area contributed by atoms with Gasteiger partial charge in [-0.1, -0.05) is 129 Å². The number of nitrogens with zero attached hydrogens (tertiary/aromatic N) is 2. The Kier molecular flexibility index (Phi) is 12.7. The van der Waals surface area contributed by atoms with Gasteiger partial charge in [-0.15, -0.1) is 0 Å². The first-order chi connectivity index (χ1) is 25.7. The average Bonchev–Trinajstić information content (AvgIpc) is 3.62. The number of rotatable bonds is 17. The van der Waals surface area contributed by atoms with Gasteiger partial charge in [0, 0.05) is 11.4 Å². The molecular formula is C43H47N3O5SSi. The zero-order chi connectivity index (χ0) is 37.1. The molecule has 10 heteroatoms. The number of hydrogen-bond acceptors (Lipinski definition) is 8. The van der Waals surface area contributed by atoms with Crippen molar-refractivity contribution < 1.29 is 23.0 Å². The predicted octanol–water partition coefficient (Wildman–Crippen LogP) is 6.48. The first kappa shape index (κ1) is 37.9. The maximum Gasteiger partial charge on any atom is 0.319 e. The Morgan fingerprint density at radius 2 is 1.36 bits per heavy atom. The number of ether oxygens (including phenoxy) is 1. The quantitative estimate of drug-likeness (QED) is 0.0808. The molecule has 2 N–H and O–H groups in total. The van der Waals surface area contributed by atoms with E-state index in [2.05, 4.69) is 84.8 Å². The smallest absolute Gasteiger partial charge is 0.319 e. The molecule has 0 radical (unpaired) electrons. The van der Waals surface area contributed by atoms with Gasteiger partial charge in [-0.3, -0.25) is 4.21 Å². The van der Waals surface area contributed by atoms with Crippen LogP contribution < -0.4 is 24.9 Å². The molecule has 274 valence electrons. The fourth-order valence-electron chi connectivity index (χ4n) is 6.38. The van der Waals surface area contributed by atoms with E-state index in [-0.39, 0.29) is 17.4 Å². The number of hydrogen-bond donors (Lipinski definition) is 2. The molecule has 5 aromatic carbocycles. The van der Waals surface area contributed by atoms with E-state index in [0.29, 0.717) is 41.9 Å². The predicted molar refractivity (Wildman–Crippen MR) is 213 cm³/mol. The lowest BCUT2D eigenvalue weighted by Gasteiger charge is -2.43. The Bertz CT molecular complexity index is 1980. The first-order valence-corrected chi connectivity index (χ1v) is 21.2. The van der Waals surface area contributed by atoms with Crippen LogP contribution in [0.3, 0.4) is 0 Å². The molecule has 0 aliphatic heterocycles. The van der Waals surface area contributed by atoms with Crippen LogP contribution in [-0.2, 0) is 29.4 Å². The van der Waals surface area contributed by atoms with Gasteiger partial charge in [0.05, 0.1) is 23.0 Å². The molecule has 6 aromatic rings. The van der Waals surface area contributed by atoms with Gasteiger partial charge in [-0.25, -0.2) is 0 Å². The molecule has 0 bridgehead atoms. The number of nitrogens with one attached hydrogen (secondary N) is 1. The Morgan fingerprint density at radius 3 is 1.96 bits per heavy atom. The second-order valence-corrected chi connectivity index (χ2v) is 19.7. The summed E-state index contributed by atoms with van der Waals surface area (Å²) in [7, 11) is -4.02. The zero-order valence-corrected chi connectivity index (χ0v) is 32.3. The molecule has 1 unspecified atom stereocenters. The molecule has 0 spiro atoms. The van der Waals surface area contributed by atoms with Crippen LogP contribution in [0.25, 0.3) is 0 Å². The third-order valence-corrected chi connectivity index (χ3v) is 15.3. The van der Waals surface area contributed by atoms with Crippen molar-refractivity contribution in [2.45, 2.75) is 55.4 Å². The van der Waals surface area contributed by atoms with Gasteiger partial charge >= 0.3 is 8.32 Å². The number of aromatic nitrogens is 2. The largest absolute Gasteiger partial charge is 0.534 e. The van der Waals surface area contributed by atoms with Gasteiger partial charge in [0.1, 0.15) is 24.2 Å². The summed E-state index contributed by atoms with van der Waals surface area (Å²) >= 11 is 0. The zero-order valence-electron chi connectivity index (χ0n) is 30.5. The summed E-state index contributed by atoms with van der Waals surface area (Å²) in [6.07, 6.45) is 0.634. The molecule has 8 nitrogen and oxygen atoms in total. The Labute approximate surface area is 315 Å².